The minimum Gasteiger partial charge on any atom is -0.326 e. The largest absolute Gasteiger partial charge is 0.326 e. The molecular formula is C23H23N5OS. The van der Waals surface area contributed by atoms with Gasteiger partial charge in [0.05, 0.1) is 22.1 Å². The zero-order valence-electron chi connectivity index (χ0n) is 17.3. The molecule has 7 heteroatoms. The van der Waals surface area contributed by atoms with Crippen LogP contribution in [0.25, 0.3) is 0 Å². The van der Waals surface area contributed by atoms with Crippen LogP contribution in [-0.4, -0.2) is 34.6 Å². The maximum atomic E-state index is 11.7. The number of rotatable bonds is 3. The van der Waals surface area contributed by atoms with E-state index >= 15 is 0 Å². The van der Waals surface area contributed by atoms with E-state index in [9.17, 15) is 4.79 Å². The quantitative estimate of drug-likeness (QED) is 0.595. The van der Waals surface area contributed by atoms with Crippen molar-refractivity contribution in [2.75, 3.05) is 18.0 Å². The monoisotopic (exact) mass is 417 g/mol. The van der Waals surface area contributed by atoms with Crippen LogP contribution in [0.2, 0.25) is 0 Å². The van der Waals surface area contributed by atoms with Crippen LogP contribution < -0.4 is 10.3 Å². The standard InChI is InChI=1S/C23H23N5OS/c1-4-25-21(16-7-5-15(14-24)6-8-16)28-12-11-17-13-18(9-10-19(17)28)20-23(2,3)30-22(29)27-26-20/h5-10,13H,4,11-12H2,1-3H3,(H,27,29)/b25-21-. The summed E-state index contributed by atoms with van der Waals surface area (Å²) in [5.41, 5.74) is 8.52. The van der Waals surface area contributed by atoms with Gasteiger partial charge >= 0.3 is 0 Å². The van der Waals surface area contributed by atoms with Gasteiger partial charge in [0.25, 0.3) is 5.24 Å². The molecule has 0 saturated heterocycles. The Morgan fingerprint density at radius 2 is 2.07 bits per heavy atom. The molecule has 0 aliphatic carbocycles. The molecule has 0 spiro atoms. The molecule has 2 heterocycles. The molecule has 4 rings (SSSR count). The number of amides is 1. The topological polar surface area (TPSA) is 80.8 Å². The average Bonchev–Trinajstić information content (AvgIpc) is 3.14. The van der Waals surface area contributed by atoms with Gasteiger partial charge in [-0.15, -0.1) is 0 Å². The minimum atomic E-state index is -0.383. The van der Waals surface area contributed by atoms with Crippen molar-refractivity contribution in [3.63, 3.8) is 0 Å². The summed E-state index contributed by atoms with van der Waals surface area (Å²) in [4.78, 5) is 18.7. The number of hydrogen-bond donors (Lipinski definition) is 1. The fraction of sp³-hybridized carbons (Fsp3) is 0.304. The van der Waals surface area contributed by atoms with Crippen molar-refractivity contribution >= 4 is 34.2 Å². The Kier molecular flexibility index (Phi) is 5.35. The van der Waals surface area contributed by atoms with E-state index in [1.54, 1.807) is 0 Å². The summed E-state index contributed by atoms with van der Waals surface area (Å²) in [6.07, 6.45) is 0.912. The first-order chi connectivity index (χ1) is 14.4. The molecular weight excluding hydrogens is 394 g/mol. The molecule has 0 saturated carbocycles. The van der Waals surface area contributed by atoms with Gasteiger partial charge in [0.1, 0.15) is 5.84 Å². The second kappa shape index (κ2) is 7.96. The number of nitrogens with one attached hydrogen (secondary N) is 1. The van der Waals surface area contributed by atoms with Gasteiger partial charge in [-0.1, -0.05) is 17.8 Å². The van der Waals surface area contributed by atoms with Crippen LogP contribution in [-0.2, 0) is 6.42 Å². The summed E-state index contributed by atoms with van der Waals surface area (Å²) in [6.45, 7) is 7.59. The smallest absolute Gasteiger partial charge is 0.300 e. The lowest BCUT2D eigenvalue weighted by Crippen LogP contribution is -2.38. The van der Waals surface area contributed by atoms with Crippen LogP contribution in [0.5, 0.6) is 0 Å². The summed E-state index contributed by atoms with van der Waals surface area (Å²) in [5, 5.41) is 13.3. The molecule has 2 aromatic carbocycles. The lowest BCUT2D eigenvalue weighted by molar-refractivity contribution is 0.260. The van der Waals surface area contributed by atoms with E-state index in [0.29, 0.717) is 12.1 Å². The molecule has 0 aromatic heterocycles. The predicted octanol–water partition coefficient (Wildman–Crippen LogP) is 4.33. The third-order valence-electron chi connectivity index (χ3n) is 5.26. The molecule has 0 atom stereocenters. The molecule has 1 N–H and O–H groups in total. The Morgan fingerprint density at radius 3 is 2.73 bits per heavy atom. The average molecular weight is 418 g/mol. The summed E-state index contributed by atoms with van der Waals surface area (Å²) in [7, 11) is 0. The molecule has 30 heavy (non-hydrogen) atoms. The Hall–Kier alpha value is -3.11. The second-order valence-electron chi connectivity index (χ2n) is 7.70. The molecule has 152 valence electrons. The number of anilines is 1. The number of nitrogens with zero attached hydrogens (tertiary/aromatic N) is 4. The van der Waals surface area contributed by atoms with E-state index in [1.807, 2.05) is 45.0 Å². The highest BCUT2D eigenvalue weighted by molar-refractivity contribution is 8.15. The molecule has 0 bridgehead atoms. The molecule has 2 aliphatic rings. The summed E-state index contributed by atoms with van der Waals surface area (Å²) in [5.74, 6) is 0.923. The number of carbonyl (C=O) groups excluding carboxylic acids is 1. The molecule has 0 unspecified atom stereocenters. The lowest BCUT2D eigenvalue weighted by atomic mass is 9.96. The van der Waals surface area contributed by atoms with Crippen LogP contribution >= 0.6 is 11.8 Å². The minimum absolute atomic E-state index is 0.126. The summed E-state index contributed by atoms with van der Waals surface area (Å²) < 4.78 is -0.383. The van der Waals surface area contributed by atoms with Gasteiger partial charge in [0.15, 0.2) is 0 Å². The highest BCUT2D eigenvalue weighted by atomic mass is 32.2. The molecule has 2 aliphatic heterocycles. The van der Waals surface area contributed by atoms with Crippen LogP contribution in [0.4, 0.5) is 10.5 Å². The third-order valence-corrected chi connectivity index (χ3v) is 6.24. The second-order valence-corrected chi connectivity index (χ2v) is 9.30. The number of carbonyl (C=O) groups is 1. The first-order valence-corrected chi connectivity index (χ1v) is 10.8. The highest BCUT2D eigenvalue weighted by Crippen LogP contribution is 2.36. The van der Waals surface area contributed by atoms with Crippen LogP contribution in [0, 0.1) is 11.3 Å². The molecule has 0 fully saturated rings. The number of nitriles is 1. The van der Waals surface area contributed by atoms with Gasteiger partial charge in [-0.25, -0.2) is 5.43 Å². The van der Waals surface area contributed by atoms with Gasteiger partial charge in [0, 0.05) is 24.3 Å². The Morgan fingerprint density at radius 1 is 1.30 bits per heavy atom. The molecule has 1 amide bonds. The molecule has 2 aromatic rings. The van der Waals surface area contributed by atoms with E-state index in [2.05, 4.69) is 39.7 Å². The predicted molar refractivity (Wildman–Crippen MR) is 122 cm³/mol. The first kappa shape index (κ1) is 20.2. The molecule has 0 radical (unpaired) electrons. The van der Waals surface area contributed by atoms with E-state index in [1.165, 1.54) is 17.3 Å². The first-order valence-electron chi connectivity index (χ1n) is 9.96. The maximum Gasteiger partial charge on any atom is 0.300 e. The van der Waals surface area contributed by atoms with Gasteiger partial charge in [-0.2, -0.15) is 10.4 Å². The fourth-order valence-corrected chi connectivity index (χ4v) is 4.71. The fourth-order valence-electron chi connectivity index (χ4n) is 3.90. The van der Waals surface area contributed by atoms with Crippen molar-refractivity contribution in [1.29, 1.82) is 5.26 Å². The van der Waals surface area contributed by atoms with E-state index in [0.717, 1.165) is 41.3 Å². The zero-order valence-corrected chi connectivity index (χ0v) is 18.1. The van der Waals surface area contributed by atoms with Crippen molar-refractivity contribution in [3.05, 3.63) is 64.7 Å². The number of fused-ring (bicyclic) bond motifs is 1. The lowest BCUT2D eigenvalue weighted by Gasteiger charge is -2.29. The highest BCUT2D eigenvalue weighted by Gasteiger charge is 2.35. The number of thioether (sulfide) groups is 1. The van der Waals surface area contributed by atoms with Gasteiger partial charge in [0.2, 0.25) is 0 Å². The van der Waals surface area contributed by atoms with Crippen LogP contribution in [0.3, 0.4) is 0 Å². The SMILES string of the molecule is CC/N=C(/c1ccc(C#N)cc1)N1CCc2cc(C3=NNC(=O)SC3(C)C)ccc21. The van der Waals surface area contributed by atoms with Gasteiger partial charge in [-0.3, -0.25) is 9.79 Å². The summed E-state index contributed by atoms with van der Waals surface area (Å²) in [6, 6.07) is 16.1. The Bertz CT molecular complexity index is 1100. The Labute approximate surface area is 180 Å². The normalized spacial score (nSPS) is 17.8. The van der Waals surface area contributed by atoms with Crippen molar-refractivity contribution in [1.82, 2.24) is 5.43 Å². The van der Waals surface area contributed by atoms with Crippen molar-refractivity contribution in [3.8, 4) is 6.07 Å². The number of aliphatic imine (C=N–C) groups is 1. The van der Waals surface area contributed by atoms with E-state index in [-0.39, 0.29) is 9.99 Å². The van der Waals surface area contributed by atoms with Crippen molar-refractivity contribution in [2.24, 2.45) is 10.1 Å². The number of benzene rings is 2. The van der Waals surface area contributed by atoms with Gasteiger partial charge < -0.3 is 4.90 Å². The molecule has 6 nitrogen and oxygen atoms in total. The van der Waals surface area contributed by atoms with Crippen LogP contribution in [0.1, 0.15) is 43.0 Å². The van der Waals surface area contributed by atoms with E-state index < -0.39 is 0 Å². The van der Waals surface area contributed by atoms with Crippen LogP contribution in [0.15, 0.2) is 52.6 Å². The number of hydrogen-bond acceptors (Lipinski definition) is 5. The number of amidine groups is 1. The van der Waals surface area contributed by atoms with Gasteiger partial charge in [-0.05, 0) is 74.7 Å². The third kappa shape index (κ3) is 3.71. The summed E-state index contributed by atoms with van der Waals surface area (Å²) >= 11 is 1.26. The Balaban J connectivity index is 1.68. The van der Waals surface area contributed by atoms with Crippen molar-refractivity contribution < 1.29 is 4.79 Å². The van der Waals surface area contributed by atoms with Crippen molar-refractivity contribution in [2.45, 2.75) is 31.9 Å². The van der Waals surface area contributed by atoms with E-state index in [4.69, 9.17) is 10.3 Å². The maximum absolute atomic E-state index is 11.7. The number of hydrazone groups is 1. The zero-order chi connectivity index (χ0) is 21.3.